The summed E-state index contributed by atoms with van der Waals surface area (Å²) in [6, 6.07) is 7.50. The smallest absolute Gasteiger partial charge is 0.275 e. The topological polar surface area (TPSA) is 61.4 Å². The van der Waals surface area contributed by atoms with Crippen LogP contribution in [0.5, 0.6) is 0 Å². The van der Waals surface area contributed by atoms with Gasteiger partial charge in [0.1, 0.15) is 6.54 Å². The van der Waals surface area contributed by atoms with Crippen molar-refractivity contribution in [2.75, 3.05) is 11.6 Å². The Morgan fingerprint density at radius 1 is 1.20 bits per heavy atom. The van der Waals surface area contributed by atoms with E-state index < -0.39 is 6.03 Å². The van der Waals surface area contributed by atoms with E-state index in [-0.39, 0.29) is 12.5 Å². The summed E-state index contributed by atoms with van der Waals surface area (Å²) >= 11 is 0. The molecule has 0 saturated carbocycles. The molecule has 20 heavy (non-hydrogen) atoms. The normalized spacial score (nSPS) is 14.9. The Morgan fingerprint density at radius 2 is 2.05 bits per heavy atom. The maximum Gasteiger partial charge on any atom is 0.340 e. The number of amides is 3. The van der Waals surface area contributed by atoms with Crippen LogP contribution in [0.3, 0.4) is 0 Å². The Bertz CT molecular complexity index is 472. The van der Waals surface area contributed by atoms with Crippen LogP contribution < -0.4 is 15.8 Å². The van der Waals surface area contributed by atoms with E-state index in [0.717, 1.165) is 12.1 Å². The maximum absolute atomic E-state index is 11.4. The van der Waals surface area contributed by atoms with Gasteiger partial charge in [-0.15, -0.1) is 0 Å². The third-order valence-electron chi connectivity index (χ3n) is 3.33. The van der Waals surface area contributed by atoms with Gasteiger partial charge in [0.15, 0.2) is 0 Å². The van der Waals surface area contributed by atoms with Crippen LogP contribution in [0.4, 0.5) is 10.5 Å². The molecule has 3 amide bonds. The lowest BCUT2D eigenvalue weighted by Gasteiger charge is -2.28. The Labute approximate surface area is 119 Å². The van der Waals surface area contributed by atoms with Crippen molar-refractivity contribution in [2.45, 2.75) is 39.0 Å². The van der Waals surface area contributed by atoms with Gasteiger partial charge in [-0.3, -0.25) is 15.1 Å². The molecule has 1 saturated heterocycles. The van der Waals surface area contributed by atoms with Gasteiger partial charge in [-0.05, 0) is 30.5 Å². The molecule has 5 nitrogen and oxygen atoms in total. The third kappa shape index (κ3) is 3.98. The van der Waals surface area contributed by atoms with Gasteiger partial charge in [0.2, 0.25) is 5.91 Å². The summed E-state index contributed by atoms with van der Waals surface area (Å²) in [5.41, 5.74) is 4.71. The number of hydrogen-bond acceptors (Lipinski definition) is 3. The first kappa shape index (κ1) is 14.4. The zero-order valence-corrected chi connectivity index (χ0v) is 11.8. The number of carbonyl (C=O) groups is 2. The van der Waals surface area contributed by atoms with Gasteiger partial charge < -0.3 is 0 Å². The molecule has 108 valence electrons. The van der Waals surface area contributed by atoms with Crippen molar-refractivity contribution >= 4 is 17.6 Å². The van der Waals surface area contributed by atoms with Crippen LogP contribution >= 0.6 is 0 Å². The van der Waals surface area contributed by atoms with Crippen molar-refractivity contribution in [2.24, 2.45) is 0 Å². The lowest BCUT2D eigenvalue weighted by Crippen LogP contribution is -2.59. The number of carbonyl (C=O) groups excluding carboxylic acids is 2. The van der Waals surface area contributed by atoms with Gasteiger partial charge in [0.05, 0.1) is 5.69 Å². The van der Waals surface area contributed by atoms with E-state index in [2.05, 4.69) is 23.7 Å². The molecule has 0 atom stereocenters. The van der Waals surface area contributed by atoms with Gasteiger partial charge >= 0.3 is 6.03 Å². The van der Waals surface area contributed by atoms with Crippen LogP contribution in [0.2, 0.25) is 0 Å². The third-order valence-corrected chi connectivity index (χ3v) is 3.33. The molecular weight excluding hydrogens is 254 g/mol. The molecular formula is C15H21N3O2. The molecule has 2 N–H and O–H groups in total. The molecule has 0 radical (unpaired) electrons. The minimum Gasteiger partial charge on any atom is -0.275 e. The number of aryl methyl sites for hydroxylation is 1. The number of urea groups is 1. The predicted molar refractivity (Wildman–Crippen MR) is 78.3 cm³/mol. The van der Waals surface area contributed by atoms with Crippen LogP contribution in [-0.2, 0) is 11.2 Å². The standard InChI is InChI=1S/C15H21N3O2/c1-2-3-4-5-7-12-8-6-9-13(10-12)18-11-14(19)16-15(20)17-18/h6,8-10H,2-5,7,11H2,1H3,(H2,16,17,19,20). The molecule has 0 unspecified atom stereocenters. The number of nitrogens with zero attached hydrogens (tertiary/aromatic N) is 1. The van der Waals surface area contributed by atoms with E-state index in [1.54, 1.807) is 5.01 Å². The largest absolute Gasteiger partial charge is 0.340 e. The molecule has 0 bridgehead atoms. The quantitative estimate of drug-likeness (QED) is 0.784. The van der Waals surface area contributed by atoms with Crippen LogP contribution in [0.15, 0.2) is 24.3 Å². The summed E-state index contributed by atoms with van der Waals surface area (Å²) < 4.78 is 0. The zero-order valence-electron chi connectivity index (χ0n) is 11.8. The lowest BCUT2D eigenvalue weighted by atomic mass is 10.1. The maximum atomic E-state index is 11.4. The zero-order chi connectivity index (χ0) is 14.4. The van der Waals surface area contributed by atoms with E-state index in [0.29, 0.717) is 0 Å². The van der Waals surface area contributed by atoms with E-state index >= 15 is 0 Å². The van der Waals surface area contributed by atoms with Crippen molar-refractivity contribution in [3.8, 4) is 0 Å². The number of unbranched alkanes of at least 4 members (excludes halogenated alkanes) is 3. The molecule has 1 aliphatic heterocycles. The Balaban J connectivity index is 1.98. The number of imide groups is 1. The van der Waals surface area contributed by atoms with Gasteiger partial charge in [0.25, 0.3) is 0 Å². The second kappa shape index (κ2) is 6.93. The summed E-state index contributed by atoms with van der Waals surface area (Å²) in [4.78, 5) is 22.7. The monoisotopic (exact) mass is 275 g/mol. The second-order valence-electron chi connectivity index (χ2n) is 5.06. The lowest BCUT2D eigenvalue weighted by molar-refractivity contribution is -0.119. The molecule has 1 fully saturated rings. The Hall–Kier alpha value is -2.04. The van der Waals surface area contributed by atoms with Crippen LogP contribution in [-0.4, -0.2) is 18.5 Å². The van der Waals surface area contributed by atoms with Crippen LogP contribution in [0, 0.1) is 0 Å². The number of nitrogens with one attached hydrogen (secondary N) is 2. The average molecular weight is 275 g/mol. The Kier molecular flexibility index (Phi) is 4.98. The fraction of sp³-hybridized carbons (Fsp3) is 0.467. The summed E-state index contributed by atoms with van der Waals surface area (Å²) in [6.07, 6.45) is 5.94. The molecule has 0 spiro atoms. The van der Waals surface area contributed by atoms with Crippen LogP contribution in [0.25, 0.3) is 0 Å². The SMILES string of the molecule is CCCCCCc1cccc(N2CC(=O)NC(=O)N2)c1. The first-order valence-corrected chi connectivity index (χ1v) is 7.16. The van der Waals surface area contributed by atoms with Crippen molar-refractivity contribution in [1.82, 2.24) is 10.7 Å². The van der Waals surface area contributed by atoms with Crippen molar-refractivity contribution in [3.05, 3.63) is 29.8 Å². The van der Waals surface area contributed by atoms with E-state index in [1.807, 2.05) is 18.2 Å². The molecule has 1 aromatic rings. The first-order chi connectivity index (χ1) is 9.69. The van der Waals surface area contributed by atoms with Crippen molar-refractivity contribution < 1.29 is 9.59 Å². The van der Waals surface area contributed by atoms with E-state index in [9.17, 15) is 9.59 Å². The van der Waals surface area contributed by atoms with Gasteiger partial charge in [-0.25, -0.2) is 10.2 Å². The highest BCUT2D eigenvalue weighted by molar-refractivity contribution is 6.00. The average Bonchev–Trinajstić information content (AvgIpc) is 2.43. The predicted octanol–water partition coefficient (Wildman–Crippen LogP) is 2.37. The second-order valence-corrected chi connectivity index (χ2v) is 5.06. The number of rotatable bonds is 6. The molecule has 1 aromatic carbocycles. The fourth-order valence-corrected chi connectivity index (χ4v) is 2.29. The van der Waals surface area contributed by atoms with E-state index in [1.165, 1.54) is 31.2 Å². The molecule has 0 aromatic heterocycles. The minimum atomic E-state index is -0.477. The summed E-state index contributed by atoms with van der Waals surface area (Å²) in [5, 5.41) is 3.79. The molecule has 1 aliphatic rings. The highest BCUT2D eigenvalue weighted by atomic mass is 16.2. The van der Waals surface area contributed by atoms with Gasteiger partial charge in [-0.1, -0.05) is 38.3 Å². The van der Waals surface area contributed by atoms with Crippen molar-refractivity contribution in [3.63, 3.8) is 0 Å². The highest BCUT2D eigenvalue weighted by Gasteiger charge is 2.21. The number of anilines is 1. The first-order valence-electron chi connectivity index (χ1n) is 7.16. The van der Waals surface area contributed by atoms with Gasteiger partial charge in [-0.2, -0.15) is 0 Å². The number of hydrazine groups is 1. The van der Waals surface area contributed by atoms with Crippen molar-refractivity contribution in [1.29, 1.82) is 0 Å². The summed E-state index contributed by atoms with van der Waals surface area (Å²) in [5.74, 6) is -0.290. The van der Waals surface area contributed by atoms with E-state index in [4.69, 9.17) is 0 Å². The number of hydrogen-bond donors (Lipinski definition) is 2. The Morgan fingerprint density at radius 3 is 2.80 bits per heavy atom. The molecule has 0 aliphatic carbocycles. The van der Waals surface area contributed by atoms with Crippen LogP contribution in [0.1, 0.15) is 38.2 Å². The molecule has 2 rings (SSSR count). The van der Waals surface area contributed by atoms with Gasteiger partial charge in [0, 0.05) is 0 Å². The fourth-order valence-electron chi connectivity index (χ4n) is 2.29. The molecule has 5 heteroatoms. The number of benzene rings is 1. The molecule has 1 heterocycles. The summed E-state index contributed by atoms with van der Waals surface area (Å²) in [6.45, 7) is 2.34. The minimum absolute atomic E-state index is 0.144. The highest BCUT2D eigenvalue weighted by Crippen LogP contribution is 2.17. The summed E-state index contributed by atoms with van der Waals surface area (Å²) in [7, 11) is 0.